The summed E-state index contributed by atoms with van der Waals surface area (Å²) in [5, 5.41) is 0. The number of amides is 2. The number of carbonyl (C=O) groups excluding carboxylic acids is 2. The monoisotopic (exact) mass is 360 g/mol. The zero-order valence-corrected chi connectivity index (χ0v) is 16.0. The fourth-order valence-corrected chi connectivity index (χ4v) is 4.36. The minimum absolute atomic E-state index is 0.0715. The lowest BCUT2D eigenvalue weighted by atomic mass is 9.87. The molecule has 3 rings (SSSR count). The van der Waals surface area contributed by atoms with Gasteiger partial charge in [-0.15, -0.1) is 0 Å². The predicted molar refractivity (Wildman–Crippen MR) is 100 cm³/mol. The maximum absolute atomic E-state index is 13.1. The first-order valence-corrected chi connectivity index (χ1v) is 10.3. The van der Waals surface area contributed by atoms with Crippen LogP contribution in [-0.2, 0) is 16.1 Å². The molecule has 0 radical (unpaired) electrons. The number of hydrogen-bond acceptors (Lipinski definition) is 3. The molecule has 0 aromatic carbocycles. The first-order chi connectivity index (χ1) is 12.7. The van der Waals surface area contributed by atoms with E-state index in [0.717, 1.165) is 25.3 Å². The molecule has 1 atom stereocenters. The Morgan fingerprint density at radius 1 is 1.27 bits per heavy atom. The average molecular weight is 360 g/mol. The second kappa shape index (κ2) is 9.24. The third-order valence-corrected chi connectivity index (χ3v) is 5.78. The molecule has 144 valence electrons. The summed E-state index contributed by atoms with van der Waals surface area (Å²) in [7, 11) is 0. The Hall–Kier alpha value is -1.78. The van der Waals surface area contributed by atoms with Gasteiger partial charge in [0.05, 0.1) is 18.7 Å². The number of furan rings is 1. The van der Waals surface area contributed by atoms with Crippen LogP contribution in [0.15, 0.2) is 22.8 Å². The van der Waals surface area contributed by atoms with Crippen molar-refractivity contribution < 1.29 is 14.0 Å². The molecule has 0 spiro atoms. The number of rotatable bonds is 7. The van der Waals surface area contributed by atoms with Crippen LogP contribution < -0.4 is 0 Å². The zero-order chi connectivity index (χ0) is 18.4. The van der Waals surface area contributed by atoms with Gasteiger partial charge in [0.1, 0.15) is 5.76 Å². The highest BCUT2D eigenvalue weighted by atomic mass is 16.3. The van der Waals surface area contributed by atoms with Gasteiger partial charge >= 0.3 is 0 Å². The van der Waals surface area contributed by atoms with Crippen LogP contribution in [0.1, 0.15) is 64.1 Å². The van der Waals surface area contributed by atoms with Gasteiger partial charge in [-0.05, 0) is 43.7 Å². The van der Waals surface area contributed by atoms with Crippen LogP contribution >= 0.6 is 0 Å². The lowest BCUT2D eigenvalue weighted by Gasteiger charge is -2.37. The normalized spacial score (nSPS) is 21.8. The first-order valence-electron chi connectivity index (χ1n) is 10.3. The highest BCUT2D eigenvalue weighted by Crippen LogP contribution is 2.27. The predicted octanol–water partition coefficient (Wildman–Crippen LogP) is 3.84. The molecule has 0 unspecified atom stereocenters. The molecule has 26 heavy (non-hydrogen) atoms. The van der Waals surface area contributed by atoms with Gasteiger partial charge in [-0.2, -0.15) is 0 Å². The maximum Gasteiger partial charge on any atom is 0.227 e. The molecule has 0 bridgehead atoms. The second-order valence-corrected chi connectivity index (χ2v) is 7.88. The first kappa shape index (κ1) is 19.0. The highest BCUT2D eigenvalue weighted by molar-refractivity contribution is 5.83. The molecule has 2 aliphatic rings. The standard InChI is InChI=1S/C21H32N2O3/c1-2-12-22(16-19-9-6-13-26-19)21(25)18-10-11-20(24)23(15-18)14-17-7-4-3-5-8-17/h6,9,13,17-18H,2-5,7-8,10-12,14-16H2,1H3/t18-/m1/s1. The van der Waals surface area contributed by atoms with Crippen LogP contribution in [0.3, 0.4) is 0 Å². The van der Waals surface area contributed by atoms with Gasteiger partial charge in [-0.3, -0.25) is 9.59 Å². The summed E-state index contributed by atoms with van der Waals surface area (Å²) in [6, 6.07) is 3.77. The molecule has 1 aromatic rings. The molecule has 2 fully saturated rings. The molecule has 2 heterocycles. The zero-order valence-electron chi connectivity index (χ0n) is 16.0. The van der Waals surface area contributed by atoms with E-state index in [9.17, 15) is 9.59 Å². The molecule has 5 nitrogen and oxygen atoms in total. The maximum atomic E-state index is 13.1. The minimum atomic E-state index is -0.0715. The SMILES string of the molecule is CCCN(Cc1ccco1)C(=O)[C@@H]1CCC(=O)N(CC2CCCCC2)C1. The smallest absolute Gasteiger partial charge is 0.227 e. The Labute approximate surface area is 156 Å². The number of likely N-dealkylation sites (tertiary alicyclic amines) is 1. The molecule has 1 aliphatic carbocycles. The van der Waals surface area contributed by atoms with Crippen molar-refractivity contribution in [1.29, 1.82) is 0 Å². The van der Waals surface area contributed by atoms with Gasteiger partial charge in [0, 0.05) is 26.1 Å². The van der Waals surface area contributed by atoms with E-state index < -0.39 is 0 Å². The van der Waals surface area contributed by atoms with Gasteiger partial charge in [0.15, 0.2) is 0 Å². The summed E-state index contributed by atoms with van der Waals surface area (Å²) in [6.45, 7) is 4.77. The summed E-state index contributed by atoms with van der Waals surface area (Å²) in [6.07, 6.45) is 10.1. The van der Waals surface area contributed by atoms with Gasteiger partial charge in [0.25, 0.3) is 0 Å². The molecule has 1 aromatic heterocycles. The Bertz CT molecular complexity index is 578. The topological polar surface area (TPSA) is 53.8 Å². The molecule has 0 N–H and O–H groups in total. The van der Waals surface area contributed by atoms with Crippen LogP contribution in [-0.4, -0.2) is 41.2 Å². The number of carbonyl (C=O) groups is 2. The van der Waals surface area contributed by atoms with Crippen molar-refractivity contribution in [1.82, 2.24) is 9.80 Å². The molecular weight excluding hydrogens is 328 g/mol. The van der Waals surface area contributed by atoms with Crippen LogP contribution in [0.2, 0.25) is 0 Å². The molecule has 1 saturated carbocycles. The molecule has 1 saturated heterocycles. The van der Waals surface area contributed by atoms with Crippen molar-refractivity contribution in [3.63, 3.8) is 0 Å². The lowest BCUT2D eigenvalue weighted by molar-refractivity contribution is -0.144. The fraction of sp³-hybridized carbons (Fsp3) is 0.714. The van der Waals surface area contributed by atoms with Gasteiger partial charge in [0.2, 0.25) is 11.8 Å². The highest BCUT2D eigenvalue weighted by Gasteiger charge is 2.33. The van der Waals surface area contributed by atoms with Crippen molar-refractivity contribution in [2.75, 3.05) is 19.6 Å². The second-order valence-electron chi connectivity index (χ2n) is 7.88. The van der Waals surface area contributed by atoms with Crippen LogP contribution in [0.4, 0.5) is 0 Å². The van der Waals surface area contributed by atoms with Crippen LogP contribution in [0, 0.1) is 11.8 Å². The third-order valence-electron chi connectivity index (χ3n) is 5.78. The third kappa shape index (κ3) is 4.89. The Balaban J connectivity index is 1.60. The van der Waals surface area contributed by atoms with E-state index in [1.165, 1.54) is 32.1 Å². The van der Waals surface area contributed by atoms with E-state index in [-0.39, 0.29) is 17.7 Å². The van der Waals surface area contributed by atoms with E-state index in [1.807, 2.05) is 21.9 Å². The summed E-state index contributed by atoms with van der Waals surface area (Å²) in [5.74, 6) is 1.77. The number of hydrogen-bond donors (Lipinski definition) is 0. The van der Waals surface area contributed by atoms with Crippen LogP contribution in [0.25, 0.3) is 0 Å². The summed E-state index contributed by atoms with van der Waals surface area (Å²) in [4.78, 5) is 29.4. The number of nitrogens with zero attached hydrogens (tertiary/aromatic N) is 2. The van der Waals surface area contributed by atoms with Crippen LogP contribution in [0.5, 0.6) is 0 Å². The van der Waals surface area contributed by atoms with E-state index in [0.29, 0.717) is 31.8 Å². The quantitative estimate of drug-likeness (QED) is 0.742. The van der Waals surface area contributed by atoms with Gasteiger partial charge in [-0.25, -0.2) is 0 Å². The lowest BCUT2D eigenvalue weighted by Crippen LogP contribution is -2.48. The molecule has 1 aliphatic heterocycles. The van der Waals surface area contributed by atoms with Crippen molar-refractivity contribution in [3.8, 4) is 0 Å². The van der Waals surface area contributed by atoms with Crippen molar-refractivity contribution in [2.45, 2.75) is 64.8 Å². The van der Waals surface area contributed by atoms with E-state index >= 15 is 0 Å². The van der Waals surface area contributed by atoms with E-state index in [2.05, 4.69) is 6.92 Å². The summed E-state index contributed by atoms with van der Waals surface area (Å²) < 4.78 is 5.43. The Morgan fingerprint density at radius 2 is 2.08 bits per heavy atom. The van der Waals surface area contributed by atoms with Crippen molar-refractivity contribution >= 4 is 11.8 Å². The Kier molecular flexibility index (Phi) is 6.75. The summed E-state index contributed by atoms with van der Waals surface area (Å²) >= 11 is 0. The number of piperidine rings is 1. The Morgan fingerprint density at radius 3 is 2.77 bits per heavy atom. The molecular formula is C21H32N2O3. The van der Waals surface area contributed by atoms with Gasteiger partial charge < -0.3 is 14.2 Å². The van der Waals surface area contributed by atoms with E-state index in [4.69, 9.17) is 4.42 Å². The molecule has 5 heteroatoms. The summed E-state index contributed by atoms with van der Waals surface area (Å²) in [5.41, 5.74) is 0. The largest absolute Gasteiger partial charge is 0.467 e. The van der Waals surface area contributed by atoms with Crippen molar-refractivity contribution in [2.24, 2.45) is 11.8 Å². The molecule has 2 amide bonds. The minimum Gasteiger partial charge on any atom is -0.467 e. The van der Waals surface area contributed by atoms with Gasteiger partial charge in [-0.1, -0.05) is 26.2 Å². The average Bonchev–Trinajstić information content (AvgIpc) is 3.17. The van der Waals surface area contributed by atoms with Crippen molar-refractivity contribution in [3.05, 3.63) is 24.2 Å². The van der Waals surface area contributed by atoms with E-state index in [1.54, 1.807) is 6.26 Å². The fourth-order valence-electron chi connectivity index (χ4n) is 4.36.